The van der Waals surface area contributed by atoms with Gasteiger partial charge in [0.1, 0.15) is 17.3 Å². The fraction of sp³-hybridized carbons (Fsp3) is 0.294. The summed E-state index contributed by atoms with van der Waals surface area (Å²) in [7, 11) is 0. The fourth-order valence-corrected chi connectivity index (χ4v) is 2.16. The van der Waals surface area contributed by atoms with Crippen molar-refractivity contribution in [2.45, 2.75) is 20.4 Å². The maximum atomic E-state index is 12.9. The van der Waals surface area contributed by atoms with Crippen LogP contribution in [0.25, 0.3) is 0 Å². The number of para-hydroxylation sites is 1. The number of benzene rings is 2. The number of rotatable bonds is 6. The Morgan fingerprint density at radius 3 is 2.52 bits per heavy atom. The molecule has 0 atom stereocenters. The molecule has 0 radical (unpaired) electrons. The molecule has 0 heterocycles. The predicted molar refractivity (Wildman–Crippen MR) is 84.5 cm³/mol. The molecule has 0 unspecified atom stereocenters. The average molecular weight is 308 g/mol. The largest absolute Gasteiger partial charge is 0.455 e. The minimum absolute atomic E-state index is 0.291. The molecule has 0 saturated heterocycles. The third kappa shape index (κ3) is 4.73. The van der Waals surface area contributed by atoms with Gasteiger partial charge in [0, 0.05) is 12.1 Å². The van der Waals surface area contributed by atoms with E-state index in [4.69, 9.17) is 16.3 Å². The molecular formula is C17H19ClFNO. The van der Waals surface area contributed by atoms with Crippen molar-refractivity contribution in [2.75, 3.05) is 6.54 Å². The van der Waals surface area contributed by atoms with Crippen molar-refractivity contribution in [2.24, 2.45) is 5.92 Å². The molecule has 1 N–H and O–H groups in total. The van der Waals surface area contributed by atoms with E-state index in [9.17, 15) is 4.39 Å². The molecule has 0 fully saturated rings. The van der Waals surface area contributed by atoms with Crippen molar-refractivity contribution >= 4 is 11.6 Å². The highest BCUT2D eigenvalue weighted by atomic mass is 35.5. The Kier molecular flexibility index (Phi) is 5.59. The Hall–Kier alpha value is -1.58. The van der Waals surface area contributed by atoms with Crippen LogP contribution >= 0.6 is 11.6 Å². The number of halogens is 2. The topological polar surface area (TPSA) is 21.3 Å². The van der Waals surface area contributed by atoms with Crippen molar-refractivity contribution < 1.29 is 9.13 Å². The lowest BCUT2D eigenvalue weighted by Gasteiger charge is -2.14. The van der Waals surface area contributed by atoms with Crippen LogP contribution in [-0.4, -0.2) is 6.54 Å². The van der Waals surface area contributed by atoms with Crippen LogP contribution in [0.1, 0.15) is 19.4 Å². The Morgan fingerprint density at radius 2 is 1.86 bits per heavy atom. The van der Waals surface area contributed by atoms with Crippen molar-refractivity contribution in [3.8, 4) is 11.5 Å². The quantitative estimate of drug-likeness (QED) is 0.809. The van der Waals surface area contributed by atoms with Crippen molar-refractivity contribution in [3.05, 3.63) is 58.9 Å². The van der Waals surface area contributed by atoms with E-state index in [-0.39, 0.29) is 5.82 Å². The normalized spacial score (nSPS) is 10.9. The zero-order chi connectivity index (χ0) is 15.2. The van der Waals surface area contributed by atoms with E-state index in [0.717, 1.165) is 12.1 Å². The lowest BCUT2D eigenvalue weighted by atomic mass is 10.1. The van der Waals surface area contributed by atoms with Gasteiger partial charge < -0.3 is 10.1 Å². The van der Waals surface area contributed by atoms with Gasteiger partial charge in [-0.15, -0.1) is 0 Å². The van der Waals surface area contributed by atoms with E-state index in [2.05, 4.69) is 19.2 Å². The van der Waals surface area contributed by atoms with Crippen molar-refractivity contribution in [3.63, 3.8) is 0 Å². The third-order valence-electron chi connectivity index (χ3n) is 2.95. The molecule has 0 spiro atoms. The van der Waals surface area contributed by atoms with Gasteiger partial charge in [-0.3, -0.25) is 0 Å². The smallest absolute Gasteiger partial charge is 0.150 e. The Morgan fingerprint density at radius 1 is 1.14 bits per heavy atom. The van der Waals surface area contributed by atoms with Gasteiger partial charge in [-0.25, -0.2) is 4.39 Å². The lowest BCUT2D eigenvalue weighted by Crippen LogP contribution is -2.19. The first-order valence-electron chi connectivity index (χ1n) is 6.98. The van der Waals surface area contributed by atoms with Gasteiger partial charge in [0.05, 0.1) is 5.02 Å². The molecule has 21 heavy (non-hydrogen) atoms. The summed E-state index contributed by atoms with van der Waals surface area (Å²) in [5.74, 6) is 1.46. The summed E-state index contributed by atoms with van der Waals surface area (Å²) in [6.07, 6.45) is 0. The second kappa shape index (κ2) is 7.43. The van der Waals surface area contributed by atoms with E-state index < -0.39 is 0 Å². The van der Waals surface area contributed by atoms with Crippen molar-refractivity contribution in [1.82, 2.24) is 5.32 Å². The van der Waals surface area contributed by atoms with Gasteiger partial charge in [0.15, 0.2) is 0 Å². The zero-order valence-corrected chi connectivity index (χ0v) is 13.0. The summed E-state index contributed by atoms with van der Waals surface area (Å²) in [6, 6.07) is 11.6. The van der Waals surface area contributed by atoms with Gasteiger partial charge in [-0.05, 0) is 42.8 Å². The summed E-state index contributed by atoms with van der Waals surface area (Å²) in [6.45, 7) is 5.90. The monoisotopic (exact) mass is 307 g/mol. The number of hydrogen-bond donors (Lipinski definition) is 1. The molecule has 0 saturated carbocycles. The van der Waals surface area contributed by atoms with Crippen LogP contribution in [-0.2, 0) is 6.54 Å². The second-order valence-corrected chi connectivity index (χ2v) is 5.72. The molecule has 0 aromatic heterocycles. The summed E-state index contributed by atoms with van der Waals surface area (Å²) < 4.78 is 18.7. The Balaban J connectivity index is 2.15. The van der Waals surface area contributed by atoms with Gasteiger partial charge in [-0.1, -0.05) is 37.6 Å². The zero-order valence-electron chi connectivity index (χ0n) is 12.2. The van der Waals surface area contributed by atoms with Crippen LogP contribution in [0, 0.1) is 11.7 Å². The number of ether oxygens (including phenoxy) is 1. The number of nitrogens with one attached hydrogen (secondary N) is 1. The molecule has 112 valence electrons. The van der Waals surface area contributed by atoms with Gasteiger partial charge in [0.2, 0.25) is 0 Å². The summed E-state index contributed by atoms with van der Waals surface area (Å²) in [5, 5.41) is 3.91. The molecule has 2 rings (SSSR count). The van der Waals surface area contributed by atoms with E-state index in [1.165, 1.54) is 12.1 Å². The SMILES string of the molecule is CC(C)CNCc1cccc(Cl)c1Oc1ccc(F)cc1. The first-order chi connectivity index (χ1) is 10.1. The summed E-state index contributed by atoms with van der Waals surface area (Å²) >= 11 is 6.23. The van der Waals surface area contributed by atoms with Crippen LogP contribution in [0.2, 0.25) is 5.02 Å². The highest BCUT2D eigenvalue weighted by Gasteiger charge is 2.10. The van der Waals surface area contributed by atoms with E-state index in [1.54, 1.807) is 18.2 Å². The lowest BCUT2D eigenvalue weighted by molar-refractivity contribution is 0.467. The van der Waals surface area contributed by atoms with Gasteiger partial charge in [-0.2, -0.15) is 0 Å². The standard InChI is InChI=1S/C17H19ClFNO/c1-12(2)10-20-11-13-4-3-5-16(18)17(13)21-15-8-6-14(19)7-9-15/h3-9,12,20H,10-11H2,1-2H3. The van der Waals surface area contributed by atoms with E-state index in [0.29, 0.717) is 29.0 Å². The predicted octanol–water partition coefficient (Wildman–Crippen LogP) is 5.02. The molecular weight excluding hydrogens is 289 g/mol. The fourth-order valence-electron chi connectivity index (χ4n) is 1.92. The maximum absolute atomic E-state index is 12.9. The molecule has 0 aliphatic rings. The minimum atomic E-state index is -0.291. The summed E-state index contributed by atoms with van der Waals surface area (Å²) in [5.41, 5.74) is 0.979. The Bertz CT molecular complexity index is 584. The van der Waals surface area contributed by atoms with Crippen LogP contribution < -0.4 is 10.1 Å². The molecule has 0 aliphatic heterocycles. The van der Waals surface area contributed by atoms with Crippen LogP contribution in [0.4, 0.5) is 4.39 Å². The van der Waals surface area contributed by atoms with Gasteiger partial charge in [0.25, 0.3) is 0 Å². The molecule has 2 nitrogen and oxygen atoms in total. The average Bonchev–Trinajstić information content (AvgIpc) is 2.44. The second-order valence-electron chi connectivity index (χ2n) is 5.31. The van der Waals surface area contributed by atoms with Crippen LogP contribution in [0.15, 0.2) is 42.5 Å². The van der Waals surface area contributed by atoms with Crippen LogP contribution in [0.3, 0.4) is 0 Å². The molecule has 0 bridgehead atoms. The molecule has 0 amide bonds. The first-order valence-corrected chi connectivity index (χ1v) is 7.35. The molecule has 0 aliphatic carbocycles. The molecule has 2 aromatic rings. The summed E-state index contributed by atoms with van der Waals surface area (Å²) in [4.78, 5) is 0. The van der Waals surface area contributed by atoms with E-state index in [1.807, 2.05) is 12.1 Å². The highest BCUT2D eigenvalue weighted by Crippen LogP contribution is 2.33. The maximum Gasteiger partial charge on any atom is 0.150 e. The van der Waals surface area contributed by atoms with Crippen molar-refractivity contribution in [1.29, 1.82) is 0 Å². The highest BCUT2D eigenvalue weighted by molar-refractivity contribution is 6.32. The van der Waals surface area contributed by atoms with E-state index >= 15 is 0 Å². The first kappa shape index (κ1) is 15.8. The number of hydrogen-bond acceptors (Lipinski definition) is 2. The van der Waals surface area contributed by atoms with Gasteiger partial charge >= 0.3 is 0 Å². The van der Waals surface area contributed by atoms with Crippen LogP contribution in [0.5, 0.6) is 11.5 Å². The molecule has 2 aromatic carbocycles. The minimum Gasteiger partial charge on any atom is -0.455 e. The molecule has 4 heteroatoms. The Labute approximate surface area is 129 Å². The third-order valence-corrected chi connectivity index (χ3v) is 3.25.